The van der Waals surface area contributed by atoms with Crippen LogP contribution in [0.3, 0.4) is 0 Å². The van der Waals surface area contributed by atoms with E-state index in [0.29, 0.717) is 5.82 Å². The molecule has 2 atom stereocenters. The van der Waals surface area contributed by atoms with E-state index in [-0.39, 0.29) is 12.1 Å². The third-order valence-corrected chi connectivity index (χ3v) is 3.50. The summed E-state index contributed by atoms with van der Waals surface area (Å²) in [5.74, 6) is 0.624. The van der Waals surface area contributed by atoms with Crippen LogP contribution in [0.15, 0.2) is 12.3 Å². The van der Waals surface area contributed by atoms with Crippen LogP contribution in [0.5, 0.6) is 0 Å². The highest BCUT2D eigenvalue weighted by Gasteiger charge is 2.29. The Morgan fingerprint density at radius 3 is 3.06 bits per heavy atom. The van der Waals surface area contributed by atoms with Gasteiger partial charge in [0.15, 0.2) is 0 Å². The Bertz CT molecular complexity index is 368. The molecule has 2 rings (SSSR count). The third-order valence-electron chi connectivity index (χ3n) is 3.50. The number of aryl methyl sites for hydroxylation is 1. The van der Waals surface area contributed by atoms with Crippen molar-refractivity contribution < 1.29 is 4.74 Å². The van der Waals surface area contributed by atoms with E-state index in [1.807, 2.05) is 6.07 Å². The molecule has 1 aliphatic heterocycles. The third kappa shape index (κ3) is 2.82. The van der Waals surface area contributed by atoms with Gasteiger partial charge in [-0.2, -0.15) is 0 Å². The topological polar surface area (TPSA) is 60.2 Å². The Morgan fingerprint density at radius 1 is 1.61 bits per heavy atom. The van der Waals surface area contributed by atoms with Crippen molar-refractivity contribution in [3.63, 3.8) is 0 Å². The predicted molar refractivity (Wildman–Crippen MR) is 73.4 cm³/mol. The lowest BCUT2D eigenvalue weighted by molar-refractivity contribution is 0.0782. The van der Waals surface area contributed by atoms with E-state index in [2.05, 4.69) is 24.1 Å². The van der Waals surface area contributed by atoms with Gasteiger partial charge in [-0.3, -0.25) is 0 Å². The second-order valence-electron chi connectivity index (χ2n) is 4.91. The quantitative estimate of drug-likeness (QED) is 0.840. The first-order valence-electron chi connectivity index (χ1n) is 6.80. The van der Waals surface area contributed by atoms with Gasteiger partial charge in [-0.05, 0) is 44.4 Å². The molecule has 1 fully saturated rings. The van der Waals surface area contributed by atoms with Crippen molar-refractivity contribution in [3.8, 4) is 0 Å². The van der Waals surface area contributed by atoms with Crippen LogP contribution in [0.25, 0.3) is 0 Å². The van der Waals surface area contributed by atoms with Crippen molar-refractivity contribution in [2.75, 3.05) is 18.9 Å². The molecule has 3 N–H and O–H groups in total. The maximum Gasteiger partial charge on any atom is 0.128 e. The molecule has 0 spiro atoms. The van der Waals surface area contributed by atoms with E-state index in [9.17, 15) is 0 Å². The molecule has 0 aliphatic carbocycles. The van der Waals surface area contributed by atoms with E-state index in [0.717, 1.165) is 38.0 Å². The molecule has 2 unspecified atom stereocenters. The molecule has 0 saturated carbocycles. The van der Waals surface area contributed by atoms with Crippen LogP contribution in [-0.4, -0.2) is 24.2 Å². The Hall–Kier alpha value is -1.13. The van der Waals surface area contributed by atoms with Crippen LogP contribution in [0, 0.1) is 6.92 Å². The molecule has 4 nitrogen and oxygen atoms in total. The predicted octanol–water partition coefficient (Wildman–Crippen LogP) is 2.19. The Labute approximate surface area is 109 Å². The smallest absolute Gasteiger partial charge is 0.128 e. The van der Waals surface area contributed by atoms with Crippen molar-refractivity contribution >= 4 is 5.82 Å². The minimum absolute atomic E-state index is 0.168. The lowest BCUT2D eigenvalue weighted by Crippen LogP contribution is -2.33. The van der Waals surface area contributed by atoms with Crippen molar-refractivity contribution in [2.24, 2.45) is 0 Å². The Morgan fingerprint density at radius 2 is 2.44 bits per heavy atom. The van der Waals surface area contributed by atoms with Gasteiger partial charge in [0.25, 0.3) is 0 Å². The van der Waals surface area contributed by atoms with Crippen LogP contribution >= 0.6 is 0 Å². The number of nitrogen functional groups attached to an aromatic ring is 1. The summed E-state index contributed by atoms with van der Waals surface area (Å²) in [4.78, 5) is 4.22. The highest BCUT2D eigenvalue weighted by Crippen LogP contribution is 2.31. The number of nitrogens with one attached hydrogen (secondary N) is 1. The van der Waals surface area contributed by atoms with Gasteiger partial charge in [0.05, 0.1) is 12.1 Å². The Balaban J connectivity index is 2.26. The first kappa shape index (κ1) is 13.3. The average molecular weight is 249 g/mol. The van der Waals surface area contributed by atoms with Gasteiger partial charge in [-0.15, -0.1) is 0 Å². The van der Waals surface area contributed by atoms with Crippen molar-refractivity contribution in [1.29, 1.82) is 0 Å². The molecule has 0 amide bonds. The molecule has 2 heterocycles. The van der Waals surface area contributed by atoms with Gasteiger partial charge in [-0.1, -0.05) is 6.92 Å². The largest absolute Gasteiger partial charge is 0.383 e. The van der Waals surface area contributed by atoms with E-state index < -0.39 is 0 Å². The van der Waals surface area contributed by atoms with E-state index in [1.54, 1.807) is 6.20 Å². The number of nitrogens with zero attached hydrogens (tertiary/aromatic N) is 1. The molecule has 0 aromatic carbocycles. The van der Waals surface area contributed by atoms with Gasteiger partial charge in [0.2, 0.25) is 0 Å². The molecule has 0 radical (unpaired) electrons. The van der Waals surface area contributed by atoms with Crippen LogP contribution in [0.4, 0.5) is 5.82 Å². The van der Waals surface area contributed by atoms with Crippen molar-refractivity contribution in [3.05, 3.63) is 23.4 Å². The van der Waals surface area contributed by atoms with Crippen LogP contribution in [0.2, 0.25) is 0 Å². The second-order valence-corrected chi connectivity index (χ2v) is 4.91. The van der Waals surface area contributed by atoms with Crippen molar-refractivity contribution in [2.45, 2.75) is 45.3 Å². The first-order valence-corrected chi connectivity index (χ1v) is 6.80. The average Bonchev–Trinajstić information content (AvgIpc) is 2.86. The molecule has 1 saturated heterocycles. The molecule has 1 aromatic rings. The number of aromatic nitrogens is 1. The number of nitrogens with two attached hydrogens (primary N) is 1. The number of anilines is 1. The number of hydrogen-bond donors (Lipinski definition) is 2. The highest BCUT2D eigenvalue weighted by molar-refractivity contribution is 5.46. The normalized spacial score (nSPS) is 21.1. The van der Waals surface area contributed by atoms with Gasteiger partial charge in [0, 0.05) is 18.4 Å². The van der Waals surface area contributed by atoms with Gasteiger partial charge in [-0.25, -0.2) is 4.98 Å². The summed E-state index contributed by atoms with van der Waals surface area (Å²) in [5.41, 5.74) is 8.35. The maximum atomic E-state index is 6.05. The minimum atomic E-state index is 0.168. The number of hydrogen-bond acceptors (Lipinski definition) is 4. The molecule has 100 valence electrons. The first-order chi connectivity index (χ1) is 8.74. The maximum absolute atomic E-state index is 6.05. The van der Waals surface area contributed by atoms with E-state index in [1.165, 1.54) is 5.56 Å². The van der Waals surface area contributed by atoms with Crippen molar-refractivity contribution in [1.82, 2.24) is 10.3 Å². The highest BCUT2D eigenvalue weighted by atomic mass is 16.5. The monoisotopic (exact) mass is 249 g/mol. The summed E-state index contributed by atoms with van der Waals surface area (Å²) in [7, 11) is 0. The zero-order chi connectivity index (χ0) is 13.0. The molecule has 4 heteroatoms. The zero-order valence-corrected chi connectivity index (χ0v) is 11.3. The van der Waals surface area contributed by atoms with Gasteiger partial charge < -0.3 is 15.8 Å². The summed E-state index contributed by atoms with van der Waals surface area (Å²) in [6, 6.07) is 2.18. The zero-order valence-electron chi connectivity index (χ0n) is 11.3. The van der Waals surface area contributed by atoms with E-state index >= 15 is 0 Å². The van der Waals surface area contributed by atoms with Crippen LogP contribution < -0.4 is 11.1 Å². The summed E-state index contributed by atoms with van der Waals surface area (Å²) in [6.07, 6.45) is 5.31. The molecule has 0 bridgehead atoms. The molecular formula is C14H23N3O. The lowest BCUT2D eigenvalue weighted by atomic mass is 9.96. The lowest BCUT2D eigenvalue weighted by Gasteiger charge is -2.26. The van der Waals surface area contributed by atoms with Gasteiger partial charge in [0.1, 0.15) is 5.82 Å². The SMILES string of the molecule is CCCNC(c1c(C)ccnc1N)C1CCCO1. The summed E-state index contributed by atoms with van der Waals surface area (Å²) in [5, 5.41) is 3.56. The summed E-state index contributed by atoms with van der Waals surface area (Å²) < 4.78 is 5.83. The second kappa shape index (κ2) is 6.16. The van der Waals surface area contributed by atoms with E-state index in [4.69, 9.17) is 10.5 Å². The van der Waals surface area contributed by atoms with Crippen LogP contribution in [-0.2, 0) is 4.74 Å². The van der Waals surface area contributed by atoms with Crippen LogP contribution in [0.1, 0.15) is 43.4 Å². The minimum Gasteiger partial charge on any atom is -0.383 e. The number of pyridine rings is 1. The molecule has 1 aliphatic rings. The number of ether oxygens (including phenoxy) is 1. The molecular weight excluding hydrogens is 226 g/mol. The Kier molecular flexibility index (Phi) is 4.55. The standard InChI is InChI=1S/C14H23N3O/c1-3-7-16-13(11-5-4-9-18-11)12-10(2)6-8-17-14(12)15/h6,8,11,13,16H,3-5,7,9H2,1-2H3,(H2,15,17). The summed E-state index contributed by atoms with van der Waals surface area (Å²) >= 11 is 0. The molecule has 18 heavy (non-hydrogen) atoms. The molecule has 1 aromatic heterocycles. The summed E-state index contributed by atoms with van der Waals surface area (Å²) in [6.45, 7) is 6.08. The number of rotatable bonds is 5. The fourth-order valence-electron chi connectivity index (χ4n) is 2.58. The van der Waals surface area contributed by atoms with Gasteiger partial charge >= 0.3 is 0 Å². The fourth-order valence-corrected chi connectivity index (χ4v) is 2.58. The fraction of sp³-hybridized carbons (Fsp3) is 0.643.